The molecule has 1 aliphatic rings. The summed E-state index contributed by atoms with van der Waals surface area (Å²) in [7, 11) is 0. The van der Waals surface area contributed by atoms with Crippen LogP contribution in [0.2, 0.25) is 0 Å². The van der Waals surface area contributed by atoms with E-state index in [0.717, 1.165) is 11.8 Å². The summed E-state index contributed by atoms with van der Waals surface area (Å²) in [6.07, 6.45) is 7.35. The summed E-state index contributed by atoms with van der Waals surface area (Å²) in [5.74, 6) is 1.66. The minimum atomic E-state index is 0.729. The van der Waals surface area contributed by atoms with Crippen LogP contribution in [0.3, 0.4) is 0 Å². The number of hydrogen-bond donors (Lipinski definition) is 0. The molecule has 1 heterocycles. The minimum absolute atomic E-state index is 0.729. The molecule has 14 heavy (non-hydrogen) atoms. The van der Waals surface area contributed by atoms with Gasteiger partial charge in [0.1, 0.15) is 0 Å². The van der Waals surface area contributed by atoms with Gasteiger partial charge in [0.25, 0.3) is 0 Å². The fourth-order valence-corrected chi connectivity index (χ4v) is 2.46. The van der Waals surface area contributed by atoms with Gasteiger partial charge in [-0.25, -0.2) is 0 Å². The molecule has 0 bridgehead atoms. The van der Waals surface area contributed by atoms with E-state index in [4.69, 9.17) is 0 Å². The molecule has 2 rings (SSSR count). The Morgan fingerprint density at radius 2 is 1.93 bits per heavy atom. The lowest BCUT2D eigenvalue weighted by molar-refractivity contribution is 0.343. The number of pyridine rings is 1. The van der Waals surface area contributed by atoms with Crippen molar-refractivity contribution in [3.05, 3.63) is 29.6 Å². The first-order valence-corrected chi connectivity index (χ1v) is 5.69. The number of rotatable bonds is 1. The summed E-state index contributed by atoms with van der Waals surface area (Å²) >= 11 is 0. The van der Waals surface area contributed by atoms with Gasteiger partial charge in [0, 0.05) is 17.8 Å². The first-order chi connectivity index (χ1) is 6.77. The third-order valence-corrected chi connectivity index (χ3v) is 3.45. The van der Waals surface area contributed by atoms with Gasteiger partial charge in [0.05, 0.1) is 0 Å². The maximum absolute atomic E-state index is 4.53. The lowest BCUT2D eigenvalue weighted by atomic mass is 9.80. The molecular formula is C13H19N. The van der Waals surface area contributed by atoms with Gasteiger partial charge in [-0.1, -0.05) is 25.8 Å². The van der Waals surface area contributed by atoms with Crippen LogP contribution >= 0.6 is 0 Å². The summed E-state index contributed by atoms with van der Waals surface area (Å²) in [6.45, 7) is 4.54. The second-order valence-corrected chi connectivity index (χ2v) is 4.66. The van der Waals surface area contributed by atoms with Crippen molar-refractivity contribution in [2.75, 3.05) is 0 Å². The number of hydrogen-bond acceptors (Lipinski definition) is 1. The van der Waals surface area contributed by atoms with Crippen molar-refractivity contribution in [3.63, 3.8) is 0 Å². The zero-order valence-electron chi connectivity index (χ0n) is 9.16. The van der Waals surface area contributed by atoms with E-state index in [2.05, 4.69) is 24.9 Å². The Hall–Kier alpha value is -0.850. The van der Waals surface area contributed by atoms with Crippen molar-refractivity contribution in [1.29, 1.82) is 0 Å². The Morgan fingerprint density at radius 3 is 2.57 bits per heavy atom. The highest BCUT2D eigenvalue weighted by atomic mass is 14.7. The van der Waals surface area contributed by atoms with E-state index in [-0.39, 0.29) is 0 Å². The number of aryl methyl sites for hydroxylation is 1. The molecule has 0 unspecified atom stereocenters. The van der Waals surface area contributed by atoms with Crippen molar-refractivity contribution in [3.8, 4) is 0 Å². The van der Waals surface area contributed by atoms with Crippen molar-refractivity contribution < 1.29 is 0 Å². The van der Waals surface area contributed by atoms with Crippen LogP contribution < -0.4 is 0 Å². The summed E-state index contributed by atoms with van der Waals surface area (Å²) < 4.78 is 0. The fraction of sp³-hybridized carbons (Fsp3) is 0.615. The van der Waals surface area contributed by atoms with Crippen molar-refractivity contribution >= 4 is 0 Å². The highest BCUT2D eigenvalue weighted by Gasteiger charge is 2.21. The lowest BCUT2D eigenvalue weighted by Crippen LogP contribution is -2.12. The first kappa shape index (κ1) is 9.70. The van der Waals surface area contributed by atoms with E-state index in [1.807, 2.05) is 12.3 Å². The van der Waals surface area contributed by atoms with Gasteiger partial charge in [0.2, 0.25) is 0 Å². The van der Waals surface area contributed by atoms with Crippen LogP contribution in [0.4, 0.5) is 0 Å². The molecule has 1 fully saturated rings. The van der Waals surface area contributed by atoms with Crippen molar-refractivity contribution in [2.45, 2.75) is 45.4 Å². The predicted molar refractivity (Wildman–Crippen MR) is 59.3 cm³/mol. The van der Waals surface area contributed by atoms with Gasteiger partial charge in [-0.15, -0.1) is 0 Å². The standard InChI is InChI=1S/C13H19N/c1-10-5-7-12(8-6-10)13-11(2)4-3-9-14-13/h3-4,9-10,12H,5-8H2,1-2H3. The van der Waals surface area contributed by atoms with E-state index >= 15 is 0 Å². The van der Waals surface area contributed by atoms with Crippen LogP contribution in [0.15, 0.2) is 18.3 Å². The van der Waals surface area contributed by atoms with Gasteiger partial charge in [-0.3, -0.25) is 4.98 Å². The quantitative estimate of drug-likeness (QED) is 0.656. The third-order valence-electron chi connectivity index (χ3n) is 3.45. The molecule has 1 nitrogen and oxygen atoms in total. The highest BCUT2D eigenvalue weighted by Crippen LogP contribution is 2.35. The topological polar surface area (TPSA) is 12.9 Å². The summed E-state index contributed by atoms with van der Waals surface area (Å²) in [5, 5.41) is 0. The van der Waals surface area contributed by atoms with Crippen LogP contribution in [-0.2, 0) is 0 Å². The van der Waals surface area contributed by atoms with Crippen LogP contribution in [0.25, 0.3) is 0 Å². The Bertz CT molecular complexity index is 298. The second-order valence-electron chi connectivity index (χ2n) is 4.66. The lowest BCUT2D eigenvalue weighted by Gasteiger charge is -2.26. The Morgan fingerprint density at radius 1 is 1.21 bits per heavy atom. The fourth-order valence-electron chi connectivity index (χ4n) is 2.46. The van der Waals surface area contributed by atoms with Gasteiger partial charge in [-0.2, -0.15) is 0 Å². The van der Waals surface area contributed by atoms with E-state index in [0.29, 0.717) is 0 Å². The van der Waals surface area contributed by atoms with E-state index in [1.54, 1.807) is 0 Å². The third kappa shape index (κ3) is 1.97. The maximum atomic E-state index is 4.53. The molecule has 1 heteroatoms. The smallest absolute Gasteiger partial charge is 0.0463 e. The second kappa shape index (κ2) is 4.12. The van der Waals surface area contributed by atoms with E-state index < -0.39 is 0 Å². The normalized spacial score (nSPS) is 27.6. The molecular weight excluding hydrogens is 170 g/mol. The van der Waals surface area contributed by atoms with E-state index in [9.17, 15) is 0 Å². The van der Waals surface area contributed by atoms with Gasteiger partial charge in [-0.05, 0) is 37.3 Å². The average molecular weight is 189 g/mol. The first-order valence-electron chi connectivity index (χ1n) is 5.69. The summed E-state index contributed by atoms with van der Waals surface area (Å²) in [5.41, 5.74) is 2.71. The molecule has 0 saturated heterocycles. The molecule has 1 aliphatic carbocycles. The molecule has 0 radical (unpaired) electrons. The Kier molecular flexibility index (Phi) is 2.85. The van der Waals surface area contributed by atoms with Crippen molar-refractivity contribution in [1.82, 2.24) is 4.98 Å². The van der Waals surface area contributed by atoms with Gasteiger partial charge in [0.15, 0.2) is 0 Å². The molecule has 1 aromatic rings. The molecule has 76 valence electrons. The molecule has 1 saturated carbocycles. The molecule has 0 N–H and O–H groups in total. The van der Waals surface area contributed by atoms with E-state index in [1.165, 1.54) is 36.9 Å². The predicted octanol–water partition coefficient (Wildman–Crippen LogP) is 3.68. The Labute approximate surface area is 86.6 Å². The largest absolute Gasteiger partial charge is 0.261 e. The summed E-state index contributed by atoms with van der Waals surface area (Å²) in [4.78, 5) is 4.53. The average Bonchev–Trinajstić information content (AvgIpc) is 2.20. The minimum Gasteiger partial charge on any atom is -0.261 e. The number of aromatic nitrogens is 1. The van der Waals surface area contributed by atoms with Crippen LogP contribution in [0, 0.1) is 12.8 Å². The molecule has 0 aromatic carbocycles. The summed E-state index contributed by atoms with van der Waals surface area (Å²) in [6, 6.07) is 4.21. The molecule has 1 aromatic heterocycles. The maximum Gasteiger partial charge on any atom is 0.0463 e. The zero-order valence-corrected chi connectivity index (χ0v) is 9.16. The molecule has 0 aliphatic heterocycles. The van der Waals surface area contributed by atoms with Gasteiger partial charge < -0.3 is 0 Å². The highest BCUT2D eigenvalue weighted by molar-refractivity contribution is 5.21. The SMILES string of the molecule is Cc1cccnc1C1CCC(C)CC1. The molecule has 0 spiro atoms. The monoisotopic (exact) mass is 189 g/mol. The van der Waals surface area contributed by atoms with Crippen LogP contribution in [0.5, 0.6) is 0 Å². The Balaban J connectivity index is 2.12. The zero-order chi connectivity index (χ0) is 9.97. The van der Waals surface area contributed by atoms with Gasteiger partial charge >= 0.3 is 0 Å². The molecule has 0 atom stereocenters. The van der Waals surface area contributed by atoms with Crippen molar-refractivity contribution in [2.24, 2.45) is 5.92 Å². The van der Waals surface area contributed by atoms with Crippen LogP contribution in [0.1, 0.15) is 49.8 Å². The molecule has 0 amide bonds. The van der Waals surface area contributed by atoms with Crippen LogP contribution in [-0.4, -0.2) is 4.98 Å². The number of nitrogens with zero attached hydrogens (tertiary/aromatic N) is 1.